The zero-order valence-corrected chi connectivity index (χ0v) is 21.0. The van der Waals surface area contributed by atoms with Gasteiger partial charge in [0.2, 0.25) is 5.91 Å². The van der Waals surface area contributed by atoms with E-state index in [0.717, 1.165) is 11.1 Å². The predicted molar refractivity (Wildman–Crippen MR) is 146 cm³/mol. The van der Waals surface area contributed by atoms with Crippen LogP contribution in [0.4, 0.5) is 5.69 Å². The number of hydrogen-bond donors (Lipinski definition) is 3. The summed E-state index contributed by atoms with van der Waals surface area (Å²) < 4.78 is 0. The van der Waals surface area contributed by atoms with Crippen molar-refractivity contribution in [2.45, 2.75) is 33.2 Å². The molecule has 3 aromatic carbocycles. The second-order valence-electron chi connectivity index (χ2n) is 9.44. The van der Waals surface area contributed by atoms with Gasteiger partial charge in [0.25, 0.3) is 5.91 Å². The van der Waals surface area contributed by atoms with E-state index in [1.807, 2.05) is 56.3 Å². The lowest BCUT2D eigenvalue weighted by Crippen LogP contribution is -2.44. The molecule has 0 saturated carbocycles. The minimum atomic E-state index is -0.779. The van der Waals surface area contributed by atoms with E-state index in [4.69, 9.17) is 0 Å². The number of nitrogens with one attached hydrogen (secondary N) is 3. The average Bonchev–Trinajstić information content (AvgIpc) is 2.89. The standard InChI is InChI=1S/C30H29N3O4/c1-18(2)15-27(33-29(36)22-11-9-21(10-12-22)20-7-5-4-6-8-20)30(37)32-23-13-14-26-24(16-23)28(35)25(17-31-26)19(3)34/h4-14,16-18,27H,15H2,1-3H3,(H,31,35)(H,32,37)(H,33,36)/t27-/m0/s1. The number of benzene rings is 3. The first-order chi connectivity index (χ1) is 17.7. The molecule has 1 heterocycles. The van der Waals surface area contributed by atoms with Crippen LogP contribution in [0.2, 0.25) is 0 Å². The second-order valence-corrected chi connectivity index (χ2v) is 9.44. The Kier molecular flexibility index (Phi) is 7.63. The van der Waals surface area contributed by atoms with Crippen molar-refractivity contribution >= 4 is 34.2 Å². The summed E-state index contributed by atoms with van der Waals surface area (Å²) in [7, 11) is 0. The molecule has 0 unspecified atom stereocenters. The lowest BCUT2D eigenvalue weighted by Gasteiger charge is -2.20. The van der Waals surface area contributed by atoms with Crippen LogP contribution < -0.4 is 16.1 Å². The Bertz CT molecular complexity index is 1510. The van der Waals surface area contributed by atoms with Crippen molar-refractivity contribution in [2.24, 2.45) is 5.92 Å². The van der Waals surface area contributed by atoms with E-state index in [9.17, 15) is 19.2 Å². The molecular formula is C30H29N3O4. The molecule has 0 fully saturated rings. The normalized spacial score (nSPS) is 11.8. The Morgan fingerprint density at radius 3 is 2.22 bits per heavy atom. The smallest absolute Gasteiger partial charge is 0.251 e. The highest BCUT2D eigenvalue weighted by Crippen LogP contribution is 2.20. The van der Waals surface area contributed by atoms with Crippen molar-refractivity contribution in [3.63, 3.8) is 0 Å². The zero-order chi connectivity index (χ0) is 26.5. The molecule has 0 radical (unpaired) electrons. The van der Waals surface area contributed by atoms with E-state index >= 15 is 0 Å². The van der Waals surface area contributed by atoms with Crippen molar-refractivity contribution in [2.75, 3.05) is 5.32 Å². The summed E-state index contributed by atoms with van der Waals surface area (Å²) in [5.41, 5.74) is 3.11. The van der Waals surface area contributed by atoms with Crippen LogP contribution in [0.5, 0.6) is 0 Å². The Morgan fingerprint density at radius 1 is 0.892 bits per heavy atom. The van der Waals surface area contributed by atoms with Gasteiger partial charge in [-0.1, -0.05) is 56.3 Å². The molecule has 4 aromatic rings. The summed E-state index contributed by atoms with van der Waals surface area (Å²) >= 11 is 0. The number of carbonyl (C=O) groups excluding carboxylic acids is 3. The first-order valence-corrected chi connectivity index (χ1v) is 12.2. The van der Waals surface area contributed by atoms with E-state index in [1.54, 1.807) is 24.3 Å². The number of H-pyrrole nitrogens is 1. The van der Waals surface area contributed by atoms with Crippen molar-refractivity contribution in [3.8, 4) is 11.1 Å². The van der Waals surface area contributed by atoms with E-state index in [1.165, 1.54) is 19.2 Å². The maximum absolute atomic E-state index is 13.2. The van der Waals surface area contributed by atoms with Crippen LogP contribution in [0.25, 0.3) is 22.0 Å². The summed E-state index contributed by atoms with van der Waals surface area (Å²) in [6.07, 6.45) is 1.83. The summed E-state index contributed by atoms with van der Waals surface area (Å²) in [6, 6.07) is 21.2. The number of pyridine rings is 1. The van der Waals surface area contributed by atoms with Gasteiger partial charge in [-0.05, 0) is 60.7 Å². The highest BCUT2D eigenvalue weighted by atomic mass is 16.2. The molecule has 4 rings (SSSR count). The third-order valence-electron chi connectivity index (χ3n) is 6.11. The number of fused-ring (bicyclic) bond motifs is 1. The Labute approximate surface area is 214 Å². The van der Waals surface area contributed by atoms with E-state index in [-0.39, 0.29) is 29.1 Å². The summed E-state index contributed by atoms with van der Waals surface area (Å²) in [4.78, 5) is 53.6. The van der Waals surface area contributed by atoms with Crippen molar-refractivity contribution in [3.05, 3.63) is 100 Å². The molecule has 2 amide bonds. The summed E-state index contributed by atoms with van der Waals surface area (Å²) in [5, 5.41) is 5.96. The fraction of sp³-hybridized carbons (Fsp3) is 0.200. The molecule has 0 spiro atoms. The molecule has 7 nitrogen and oxygen atoms in total. The topological polar surface area (TPSA) is 108 Å². The molecule has 3 N–H and O–H groups in total. The molecule has 0 bridgehead atoms. The molecular weight excluding hydrogens is 466 g/mol. The molecule has 188 valence electrons. The maximum Gasteiger partial charge on any atom is 0.251 e. The molecule has 0 aliphatic rings. The van der Waals surface area contributed by atoms with E-state index in [0.29, 0.717) is 28.6 Å². The first-order valence-electron chi connectivity index (χ1n) is 12.2. The maximum atomic E-state index is 13.2. The Balaban J connectivity index is 1.52. The average molecular weight is 496 g/mol. The number of aromatic amines is 1. The van der Waals surface area contributed by atoms with Crippen LogP contribution in [0.1, 0.15) is 47.9 Å². The number of anilines is 1. The zero-order valence-electron chi connectivity index (χ0n) is 21.0. The first kappa shape index (κ1) is 25.6. The Morgan fingerprint density at radius 2 is 1.57 bits per heavy atom. The molecule has 0 aliphatic carbocycles. The fourth-order valence-corrected chi connectivity index (χ4v) is 4.18. The quantitative estimate of drug-likeness (QED) is 0.293. The van der Waals surface area contributed by atoms with Crippen LogP contribution in [0, 0.1) is 5.92 Å². The van der Waals surface area contributed by atoms with Gasteiger partial charge in [0.1, 0.15) is 6.04 Å². The largest absolute Gasteiger partial charge is 0.360 e. The summed E-state index contributed by atoms with van der Waals surface area (Å²) in [5.74, 6) is -0.925. The van der Waals surface area contributed by atoms with Gasteiger partial charge in [-0.2, -0.15) is 0 Å². The van der Waals surface area contributed by atoms with Crippen LogP contribution in [0.3, 0.4) is 0 Å². The van der Waals surface area contributed by atoms with Gasteiger partial charge in [0.15, 0.2) is 11.2 Å². The number of rotatable bonds is 8. The van der Waals surface area contributed by atoms with E-state index < -0.39 is 11.5 Å². The third kappa shape index (κ3) is 6.01. The number of amides is 2. The minimum absolute atomic E-state index is 0.0548. The lowest BCUT2D eigenvalue weighted by molar-refractivity contribution is -0.118. The van der Waals surface area contributed by atoms with Crippen LogP contribution in [0.15, 0.2) is 83.8 Å². The number of Topliss-reactive ketones (excluding diaryl/α,β-unsaturated/α-hetero) is 1. The molecule has 0 aliphatic heterocycles. The van der Waals surface area contributed by atoms with Crippen molar-refractivity contribution < 1.29 is 14.4 Å². The lowest BCUT2D eigenvalue weighted by atomic mass is 10.0. The second kappa shape index (κ2) is 11.0. The molecule has 0 saturated heterocycles. The number of carbonyl (C=O) groups is 3. The third-order valence-corrected chi connectivity index (χ3v) is 6.11. The fourth-order valence-electron chi connectivity index (χ4n) is 4.18. The van der Waals surface area contributed by atoms with Gasteiger partial charge in [-0.3, -0.25) is 19.2 Å². The number of hydrogen-bond acceptors (Lipinski definition) is 4. The highest BCUT2D eigenvalue weighted by Gasteiger charge is 2.23. The minimum Gasteiger partial charge on any atom is -0.360 e. The van der Waals surface area contributed by atoms with Crippen LogP contribution in [-0.4, -0.2) is 28.6 Å². The summed E-state index contributed by atoms with van der Waals surface area (Å²) in [6.45, 7) is 5.27. The molecule has 1 aromatic heterocycles. The predicted octanol–water partition coefficient (Wildman–Crippen LogP) is 5.18. The van der Waals surface area contributed by atoms with Gasteiger partial charge >= 0.3 is 0 Å². The van der Waals surface area contributed by atoms with Crippen LogP contribution >= 0.6 is 0 Å². The van der Waals surface area contributed by atoms with Gasteiger partial charge in [-0.15, -0.1) is 0 Å². The van der Waals surface area contributed by atoms with Gasteiger partial charge in [-0.25, -0.2) is 0 Å². The SMILES string of the molecule is CC(=O)c1c[nH]c2ccc(NC(=O)[C@H](CC(C)C)NC(=O)c3ccc(-c4ccccc4)cc3)cc2c1=O. The van der Waals surface area contributed by atoms with Crippen LogP contribution in [-0.2, 0) is 4.79 Å². The van der Waals surface area contributed by atoms with Gasteiger partial charge < -0.3 is 15.6 Å². The molecule has 7 heteroatoms. The van der Waals surface area contributed by atoms with Crippen molar-refractivity contribution in [1.82, 2.24) is 10.3 Å². The van der Waals surface area contributed by atoms with E-state index in [2.05, 4.69) is 15.6 Å². The van der Waals surface area contributed by atoms with Gasteiger partial charge in [0, 0.05) is 28.4 Å². The Hall–Kier alpha value is -4.52. The highest BCUT2D eigenvalue weighted by molar-refractivity contribution is 6.02. The molecule has 37 heavy (non-hydrogen) atoms. The van der Waals surface area contributed by atoms with Crippen molar-refractivity contribution in [1.29, 1.82) is 0 Å². The molecule has 1 atom stereocenters. The number of aromatic nitrogens is 1. The number of ketones is 1. The monoisotopic (exact) mass is 495 g/mol. The van der Waals surface area contributed by atoms with Gasteiger partial charge in [0.05, 0.1) is 5.56 Å².